The molecular weight excluding hydrogens is 1240 g/mol. The van der Waals surface area contributed by atoms with Gasteiger partial charge in [0.2, 0.25) is 11.8 Å². The van der Waals surface area contributed by atoms with E-state index in [-0.39, 0.29) is 46.8 Å². The van der Waals surface area contributed by atoms with Crippen LogP contribution in [-0.2, 0) is 39.1 Å². The summed E-state index contributed by atoms with van der Waals surface area (Å²) in [6.07, 6.45) is 7.31. The number of pyridine rings is 1. The number of nitrogens with zero attached hydrogens (tertiary/aromatic N) is 9. The van der Waals surface area contributed by atoms with Crippen LogP contribution in [0.25, 0.3) is 31.8 Å². The summed E-state index contributed by atoms with van der Waals surface area (Å²) in [5.41, 5.74) is 9.50. The number of hydrogen-bond donors (Lipinski definition) is 5. The number of para-hydroxylation sites is 1. The minimum atomic E-state index is -4.44. The number of hydrogen-bond acceptors (Lipinski definition) is 16. The van der Waals surface area contributed by atoms with Crippen LogP contribution in [0.1, 0.15) is 121 Å². The van der Waals surface area contributed by atoms with Crippen LogP contribution >= 0.6 is 22.7 Å². The largest absolute Gasteiger partial charge is 0.391 e. The van der Waals surface area contributed by atoms with E-state index in [2.05, 4.69) is 35.5 Å². The highest BCUT2D eigenvalue weighted by molar-refractivity contribution is 7.90. The van der Waals surface area contributed by atoms with Crippen molar-refractivity contribution in [2.45, 2.75) is 129 Å². The van der Waals surface area contributed by atoms with Gasteiger partial charge in [-0.15, -0.1) is 11.3 Å². The Balaban J connectivity index is 0.651. The molecule has 1 saturated carbocycles. The topological polar surface area (TPSA) is 257 Å². The van der Waals surface area contributed by atoms with Gasteiger partial charge in [0.15, 0.2) is 5.13 Å². The van der Waals surface area contributed by atoms with Crippen LogP contribution in [0.15, 0.2) is 120 Å². The molecule has 8 heterocycles. The normalized spacial score (nSPS) is 18.7. The number of amides is 6. The Morgan fingerprint density at radius 3 is 2.29 bits per heavy atom. The number of carbonyl (C=O) groups is 5. The number of aliphatic hydroxyl groups is 1. The van der Waals surface area contributed by atoms with Gasteiger partial charge in [0, 0.05) is 92.3 Å². The molecule has 5 aliphatic rings. The van der Waals surface area contributed by atoms with Gasteiger partial charge in [-0.1, -0.05) is 99.9 Å². The van der Waals surface area contributed by atoms with Crippen LogP contribution in [0.4, 0.5) is 21.4 Å². The summed E-state index contributed by atoms with van der Waals surface area (Å²) >= 11 is 2.97. The molecule has 21 nitrogen and oxygen atoms in total. The lowest BCUT2D eigenvalue weighted by Crippen LogP contribution is -2.74. The number of urea groups is 1. The molecule has 3 saturated heterocycles. The third-order valence-electron chi connectivity index (χ3n) is 19.2. The average Bonchev–Trinajstić information content (AvgIpc) is 1.68. The molecule has 4 aromatic carbocycles. The van der Waals surface area contributed by atoms with Gasteiger partial charge in [0.1, 0.15) is 23.6 Å². The molecular formula is C69H77N13O8S3. The van der Waals surface area contributed by atoms with E-state index in [9.17, 15) is 37.5 Å². The smallest absolute Gasteiger partial charge is 0.318 e. The zero-order chi connectivity index (χ0) is 65.1. The standard InChI is InChI=1S/C69H77N13O8S3/c1-41(45-19-21-47(22-20-45)60-42(2)70-40-91-60)72-63(85)56-31-49(83)34-81(56)65(87)61(68(4,5)6)75-67(88)80-38-69(39-80)36-79(37-69)48-23-25-50(26-24-48)93(89,90)77-64(86)59-51(53-32-71-82(43(53)3)33-44-13-8-7-9-14-44)27-28-58(74-59)78-30-29-46-15-12-16-52(54(46)35-78)62(84)76-66-73-55-17-10-11-18-57(55)92-66/h10-12,15-28,32,40-41,44,49,56,61,83H,7-9,13-14,29-31,33-39H2,1-6H3,(H,72,85)(H,75,88)(H,77,86)(H,73,76,84)/t41-,49+,56-,61+/m0/s1. The van der Waals surface area contributed by atoms with E-state index < -0.39 is 51.5 Å². The summed E-state index contributed by atoms with van der Waals surface area (Å²) in [4.78, 5) is 93.1. The Kier molecular flexibility index (Phi) is 17.2. The van der Waals surface area contributed by atoms with E-state index in [0.717, 1.165) is 73.8 Å². The highest BCUT2D eigenvalue weighted by Gasteiger charge is 2.54. The Bertz CT molecular complexity index is 4260. The van der Waals surface area contributed by atoms with E-state index in [1.807, 2.05) is 123 Å². The van der Waals surface area contributed by atoms with Gasteiger partial charge in [0.25, 0.3) is 21.8 Å². The van der Waals surface area contributed by atoms with Crippen molar-refractivity contribution in [2.24, 2.45) is 16.7 Å². The van der Waals surface area contributed by atoms with Crippen LogP contribution in [0, 0.1) is 30.6 Å². The molecule has 1 aliphatic carbocycles. The fourth-order valence-corrected chi connectivity index (χ4v) is 16.6. The van der Waals surface area contributed by atoms with E-state index >= 15 is 0 Å². The first-order chi connectivity index (χ1) is 44.6. The second kappa shape index (κ2) is 25.4. The third kappa shape index (κ3) is 13.0. The van der Waals surface area contributed by atoms with E-state index in [4.69, 9.17) is 10.1 Å². The summed E-state index contributed by atoms with van der Waals surface area (Å²) in [6.45, 7) is 15.0. The minimum absolute atomic E-state index is 0.0444. The number of aliphatic hydroxyl groups excluding tert-OH is 1. The molecule has 0 unspecified atom stereocenters. The number of β-amino-alcohol motifs (C(OH)–C–C–N with tert-alkyl or cyclic N) is 1. The number of nitrogens with one attached hydrogen (secondary N) is 4. The van der Waals surface area contributed by atoms with Crippen LogP contribution < -0.4 is 30.5 Å². The van der Waals surface area contributed by atoms with Crippen molar-refractivity contribution in [1.82, 2.24) is 49.9 Å². The van der Waals surface area contributed by atoms with Gasteiger partial charge < -0.3 is 35.3 Å². The fraction of sp³-hybridized carbons (Fsp3) is 0.406. The number of fused-ring (bicyclic) bond motifs is 2. The van der Waals surface area contributed by atoms with Crippen LogP contribution in [0.3, 0.4) is 0 Å². The summed E-state index contributed by atoms with van der Waals surface area (Å²) in [5.74, 6) is -1.09. The van der Waals surface area contributed by atoms with E-state index in [0.29, 0.717) is 79.2 Å². The average molecular weight is 1310 g/mol. The zero-order valence-electron chi connectivity index (χ0n) is 53.0. The quantitative estimate of drug-likeness (QED) is 0.0603. The summed E-state index contributed by atoms with van der Waals surface area (Å²) in [6, 6.07) is 28.6. The zero-order valence-corrected chi connectivity index (χ0v) is 55.5. The number of sulfonamides is 1. The molecule has 13 rings (SSSR count). The Hall–Kier alpha value is -8.58. The lowest BCUT2D eigenvalue weighted by atomic mass is 9.72. The molecule has 0 radical (unpaired) electrons. The number of anilines is 3. The van der Waals surface area contributed by atoms with Gasteiger partial charge in [-0.2, -0.15) is 5.10 Å². The molecule has 8 aromatic rings. The van der Waals surface area contributed by atoms with Gasteiger partial charge in [-0.3, -0.25) is 29.2 Å². The third-order valence-corrected chi connectivity index (χ3v) is 22.4. The minimum Gasteiger partial charge on any atom is -0.391 e. The number of aryl methyl sites for hydroxylation is 1. The molecule has 1 spiro atoms. The maximum Gasteiger partial charge on any atom is 0.318 e. The van der Waals surface area contributed by atoms with E-state index in [1.54, 1.807) is 46.7 Å². The number of carbonyl (C=O) groups excluding carboxylic acids is 5. The monoisotopic (exact) mass is 1310 g/mol. The van der Waals surface area contributed by atoms with Gasteiger partial charge >= 0.3 is 6.03 Å². The first-order valence-corrected chi connectivity index (χ1v) is 35.1. The van der Waals surface area contributed by atoms with Crippen LogP contribution in [0.5, 0.6) is 0 Å². The van der Waals surface area contributed by atoms with Gasteiger partial charge in [-0.25, -0.2) is 32.9 Å². The predicted molar refractivity (Wildman–Crippen MR) is 360 cm³/mol. The van der Waals surface area contributed by atoms with Crippen LogP contribution in [-0.4, -0.2) is 135 Å². The highest BCUT2D eigenvalue weighted by Crippen LogP contribution is 2.43. The lowest BCUT2D eigenvalue weighted by molar-refractivity contribution is -0.142. The van der Waals surface area contributed by atoms with Crippen molar-refractivity contribution in [3.05, 3.63) is 154 Å². The molecule has 24 heteroatoms. The van der Waals surface area contributed by atoms with Gasteiger partial charge in [-0.05, 0) is 128 Å². The van der Waals surface area contributed by atoms with Crippen LogP contribution in [0.2, 0.25) is 0 Å². The first-order valence-electron chi connectivity index (χ1n) is 31.9. The molecule has 0 bridgehead atoms. The number of aromatic nitrogens is 5. The van der Waals surface area contributed by atoms with Gasteiger partial charge in [0.05, 0.1) is 49.5 Å². The predicted octanol–water partition coefficient (Wildman–Crippen LogP) is 9.89. The molecule has 4 fully saturated rings. The van der Waals surface area contributed by atoms with Crippen molar-refractivity contribution >= 4 is 89.2 Å². The molecule has 4 aliphatic heterocycles. The highest BCUT2D eigenvalue weighted by atomic mass is 32.2. The Labute approximate surface area is 549 Å². The molecule has 4 atom stereocenters. The Morgan fingerprint density at radius 2 is 1.57 bits per heavy atom. The van der Waals surface area contributed by atoms with Crippen molar-refractivity contribution < 1.29 is 37.5 Å². The lowest BCUT2D eigenvalue weighted by Gasteiger charge is -2.61. The van der Waals surface area contributed by atoms with Crippen molar-refractivity contribution in [3.8, 4) is 21.6 Å². The molecule has 93 heavy (non-hydrogen) atoms. The maximum atomic E-state index is 14.7. The first kappa shape index (κ1) is 63.2. The molecule has 484 valence electrons. The summed E-state index contributed by atoms with van der Waals surface area (Å²) in [7, 11) is -4.44. The fourth-order valence-electron chi connectivity index (χ4n) is 14.0. The van der Waals surface area contributed by atoms with Crippen molar-refractivity contribution in [2.75, 3.05) is 54.4 Å². The second-order valence-electron chi connectivity index (χ2n) is 26.9. The van der Waals surface area contributed by atoms with E-state index in [1.165, 1.54) is 47.6 Å². The second-order valence-corrected chi connectivity index (χ2v) is 30.4. The Morgan fingerprint density at radius 1 is 0.817 bits per heavy atom. The summed E-state index contributed by atoms with van der Waals surface area (Å²) < 4.78 is 33.9. The summed E-state index contributed by atoms with van der Waals surface area (Å²) in [5, 5.41) is 25.2. The van der Waals surface area contributed by atoms with Crippen molar-refractivity contribution in [1.29, 1.82) is 0 Å². The number of thiazole rings is 2. The van der Waals surface area contributed by atoms with Crippen molar-refractivity contribution in [3.63, 3.8) is 0 Å². The maximum absolute atomic E-state index is 14.7. The molecule has 6 amide bonds. The number of likely N-dealkylation sites (tertiary alicyclic amines) is 2. The molecule has 4 aromatic heterocycles. The SMILES string of the molecule is Cc1ncsc1-c1ccc([C@H](C)NC(=O)[C@@H]2C[C@@H](O)CN2C(=O)[C@@H](NC(=O)N2CC3(C2)CN(c2ccc(S(=O)(=O)NC(=O)c4nc(N5CCc6cccc(C(=O)Nc7nc8ccccc8s7)c6C5)ccc4-c4cnn(CC5CCCCC5)c4C)cc2)C3)C(C)(C)C)cc1. The number of rotatable bonds is 16. The molecule has 5 N–H and O–H groups in total. The number of benzene rings is 4.